The summed E-state index contributed by atoms with van der Waals surface area (Å²) in [6.45, 7) is 8.34. The first-order chi connectivity index (χ1) is 13.8. The highest BCUT2D eigenvalue weighted by atomic mass is 35.5. The molecule has 156 valence electrons. The molecule has 0 aliphatic carbocycles. The summed E-state index contributed by atoms with van der Waals surface area (Å²) in [4.78, 5) is 30.2. The second-order valence-corrected chi connectivity index (χ2v) is 7.88. The van der Waals surface area contributed by atoms with Gasteiger partial charge >= 0.3 is 0 Å². The monoisotopic (exact) mass is 438 g/mol. The molecule has 1 aliphatic rings. The van der Waals surface area contributed by atoms with Gasteiger partial charge in [0.15, 0.2) is 0 Å². The van der Waals surface area contributed by atoms with Crippen LogP contribution in [0.1, 0.15) is 40.4 Å². The molecule has 1 aliphatic heterocycles. The topological polar surface area (TPSA) is 86.5 Å². The van der Waals surface area contributed by atoms with E-state index in [4.69, 9.17) is 27.9 Å². The van der Waals surface area contributed by atoms with Crippen molar-refractivity contribution in [3.63, 3.8) is 0 Å². The highest BCUT2D eigenvalue weighted by Gasteiger charge is 2.22. The number of amides is 2. The van der Waals surface area contributed by atoms with E-state index in [1.165, 1.54) is 0 Å². The van der Waals surface area contributed by atoms with Gasteiger partial charge in [0.25, 0.3) is 11.8 Å². The van der Waals surface area contributed by atoms with Crippen LogP contribution in [-0.2, 0) is 0 Å². The Hall–Kier alpha value is -2.22. The molecule has 0 saturated carbocycles. The maximum Gasteiger partial charge on any atom is 0.273 e. The Labute approximate surface area is 179 Å². The number of H-pyrrole nitrogens is 1. The van der Waals surface area contributed by atoms with E-state index in [9.17, 15) is 9.59 Å². The van der Waals surface area contributed by atoms with Crippen LogP contribution in [0.2, 0.25) is 10.0 Å². The van der Waals surface area contributed by atoms with Crippen LogP contribution in [0.5, 0.6) is 5.75 Å². The lowest BCUT2D eigenvalue weighted by molar-refractivity contribution is 0.0735. The van der Waals surface area contributed by atoms with E-state index in [-0.39, 0.29) is 22.7 Å². The zero-order valence-corrected chi connectivity index (χ0v) is 18.1. The van der Waals surface area contributed by atoms with Crippen LogP contribution in [0, 0.1) is 6.92 Å². The van der Waals surface area contributed by atoms with E-state index in [0.29, 0.717) is 40.8 Å². The van der Waals surface area contributed by atoms with Crippen LogP contribution < -0.4 is 15.4 Å². The van der Waals surface area contributed by atoms with Gasteiger partial charge in [0.2, 0.25) is 0 Å². The lowest BCUT2D eigenvalue weighted by Gasteiger charge is -2.27. The maximum atomic E-state index is 12.8. The lowest BCUT2D eigenvalue weighted by atomic mass is 10.1. The molecular weight excluding hydrogens is 415 g/mol. The fraction of sp³-hybridized carbons (Fsp3) is 0.400. The number of rotatable bonds is 5. The predicted octanol–water partition coefficient (Wildman–Crippen LogP) is 3.71. The summed E-state index contributed by atoms with van der Waals surface area (Å²) >= 11 is 12.2. The number of aromatic nitrogens is 1. The number of benzene rings is 1. The van der Waals surface area contributed by atoms with Crippen molar-refractivity contribution in [2.45, 2.75) is 26.9 Å². The van der Waals surface area contributed by atoms with Crippen molar-refractivity contribution in [1.29, 1.82) is 0 Å². The number of hydrogen-bond acceptors (Lipinski definition) is 4. The van der Waals surface area contributed by atoms with Crippen molar-refractivity contribution >= 4 is 40.7 Å². The molecule has 0 spiro atoms. The van der Waals surface area contributed by atoms with Crippen molar-refractivity contribution in [2.75, 3.05) is 31.5 Å². The summed E-state index contributed by atoms with van der Waals surface area (Å²) in [5, 5.41) is 6.49. The van der Waals surface area contributed by atoms with E-state index in [1.807, 2.05) is 13.8 Å². The van der Waals surface area contributed by atoms with Crippen molar-refractivity contribution in [2.24, 2.45) is 0 Å². The first-order valence-corrected chi connectivity index (χ1v) is 10.2. The first-order valence-electron chi connectivity index (χ1n) is 9.43. The van der Waals surface area contributed by atoms with E-state index >= 15 is 0 Å². The van der Waals surface area contributed by atoms with Gasteiger partial charge in [0.05, 0.1) is 21.8 Å². The standard InChI is InChI=1S/C20H24Cl2N4O3/c1-11(2)29-15-10-13(20(28)26-8-6-23-7-9-26)4-5-14(15)25-19(27)18-17(22)16(21)12(3)24-18/h4-5,10-11,23-24H,6-9H2,1-3H3,(H,25,27). The van der Waals surface area contributed by atoms with Crippen molar-refractivity contribution in [3.05, 3.63) is 45.2 Å². The van der Waals surface area contributed by atoms with Crippen LogP contribution in [0.4, 0.5) is 5.69 Å². The number of nitrogens with one attached hydrogen (secondary N) is 3. The molecule has 2 amide bonds. The summed E-state index contributed by atoms with van der Waals surface area (Å²) in [6.07, 6.45) is -0.138. The zero-order chi connectivity index (χ0) is 21.1. The molecule has 0 bridgehead atoms. The number of aromatic amines is 1. The van der Waals surface area contributed by atoms with Crippen LogP contribution in [-0.4, -0.2) is 54.0 Å². The Morgan fingerprint density at radius 3 is 2.45 bits per heavy atom. The molecule has 0 atom stereocenters. The van der Waals surface area contributed by atoms with Gasteiger partial charge < -0.3 is 25.3 Å². The van der Waals surface area contributed by atoms with E-state index in [0.717, 1.165) is 13.1 Å². The third-order valence-corrected chi connectivity index (χ3v) is 5.47. The minimum atomic E-state index is -0.445. The minimum absolute atomic E-state index is 0.0622. The molecule has 9 heteroatoms. The van der Waals surface area contributed by atoms with Crippen molar-refractivity contribution in [1.82, 2.24) is 15.2 Å². The molecule has 1 aromatic carbocycles. The average molecular weight is 439 g/mol. The molecule has 2 heterocycles. The van der Waals surface area contributed by atoms with Gasteiger partial charge in [-0.1, -0.05) is 23.2 Å². The summed E-state index contributed by atoms with van der Waals surface area (Å²) < 4.78 is 5.85. The molecule has 2 aromatic rings. The normalized spacial score (nSPS) is 14.2. The van der Waals surface area contributed by atoms with Crippen LogP contribution in [0.15, 0.2) is 18.2 Å². The molecule has 0 radical (unpaired) electrons. The average Bonchev–Trinajstić information content (AvgIpc) is 2.96. The Balaban J connectivity index is 1.86. The largest absolute Gasteiger partial charge is 0.489 e. The number of halogens is 2. The zero-order valence-electron chi connectivity index (χ0n) is 16.6. The van der Waals surface area contributed by atoms with E-state index in [1.54, 1.807) is 30.0 Å². The van der Waals surface area contributed by atoms with E-state index < -0.39 is 5.91 Å². The fourth-order valence-corrected chi connectivity index (χ4v) is 3.49. The quantitative estimate of drug-likeness (QED) is 0.663. The second kappa shape index (κ2) is 9.07. The third-order valence-electron chi connectivity index (χ3n) is 4.52. The van der Waals surface area contributed by atoms with Gasteiger partial charge in [-0.15, -0.1) is 0 Å². The highest BCUT2D eigenvalue weighted by molar-refractivity contribution is 6.44. The summed E-state index contributed by atoms with van der Waals surface area (Å²) in [7, 11) is 0. The molecule has 1 saturated heterocycles. The Morgan fingerprint density at radius 2 is 1.86 bits per heavy atom. The second-order valence-electron chi connectivity index (χ2n) is 7.13. The fourth-order valence-electron chi connectivity index (χ4n) is 3.07. The number of hydrogen-bond donors (Lipinski definition) is 3. The molecule has 7 nitrogen and oxygen atoms in total. The SMILES string of the molecule is Cc1[nH]c(C(=O)Nc2ccc(C(=O)N3CCNCC3)cc2OC(C)C)c(Cl)c1Cl. The first kappa shape index (κ1) is 21.5. The Morgan fingerprint density at radius 1 is 1.17 bits per heavy atom. The van der Waals surface area contributed by atoms with Crippen LogP contribution >= 0.6 is 23.2 Å². The molecule has 1 aromatic heterocycles. The van der Waals surface area contributed by atoms with Gasteiger partial charge in [-0.3, -0.25) is 9.59 Å². The highest BCUT2D eigenvalue weighted by Crippen LogP contribution is 2.32. The Bertz CT molecular complexity index is 921. The summed E-state index contributed by atoms with van der Waals surface area (Å²) in [5.41, 5.74) is 1.74. The predicted molar refractivity (Wildman–Crippen MR) is 114 cm³/mol. The minimum Gasteiger partial charge on any atom is -0.489 e. The van der Waals surface area contributed by atoms with Crippen LogP contribution in [0.25, 0.3) is 0 Å². The number of anilines is 1. The van der Waals surface area contributed by atoms with Gasteiger partial charge in [0, 0.05) is 37.4 Å². The number of carbonyl (C=O) groups is 2. The molecule has 3 rings (SSSR count). The molecule has 1 fully saturated rings. The summed E-state index contributed by atoms with van der Waals surface area (Å²) in [5.74, 6) is -0.0904. The van der Waals surface area contributed by atoms with Gasteiger partial charge in [-0.05, 0) is 39.0 Å². The summed E-state index contributed by atoms with van der Waals surface area (Å²) in [6, 6.07) is 5.01. The van der Waals surface area contributed by atoms with Gasteiger partial charge in [-0.2, -0.15) is 0 Å². The number of ether oxygens (including phenoxy) is 1. The Kier molecular flexibility index (Phi) is 6.72. The molecular formula is C20H24Cl2N4O3. The smallest absolute Gasteiger partial charge is 0.273 e. The molecule has 3 N–H and O–H groups in total. The number of piperazine rings is 1. The van der Waals surface area contributed by atoms with Gasteiger partial charge in [0.1, 0.15) is 11.4 Å². The molecule has 0 unspecified atom stereocenters. The number of carbonyl (C=O) groups excluding carboxylic acids is 2. The number of aryl methyl sites for hydroxylation is 1. The molecule has 29 heavy (non-hydrogen) atoms. The van der Waals surface area contributed by atoms with Gasteiger partial charge in [-0.25, -0.2) is 0 Å². The third kappa shape index (κ3) is 4.86. The van der Waals surface area contributed by atoms with E-state index in [2.05, 4.69) is 15.6 Å². The number of nitrogens with zero attached hydrogens (tertiary/aromatic N) is 1. The van der Waals surface area contributed by atoms with Crippen LogP contribution in [0.3, 0.4) is 0 Å². The van der Waals surface area contributed by atoms with Crippen molar-refractivity contribution in [3.8, 4) is 5.75 Å². The lowest BCUT2D eigenvalue weighted by Crippen LogP contribution is -2.46. The maximum absolute atomic E-state index is 12.8. The van der Waals surface area contributed by atoms with Crippen molar-refractivity contribution < 1.29 is 14.3 Å².